The van der Waals surface area contributed by atoms with Crippen LogP contribution in [0.5, 0.6) is 11.5 Å². The van der Waals surface area contributed by atoms with E-state index in [1.165, 1.54) is 17.5 Å². The molecule has 0 N–H and O–H groups in total. The van der Waals surface area contributed by atoms with Crippen LogP contribution in [-0.2, 0) is 11.2 Å². The lowest BCUT2D eigenvalue weighted by atomic mass is 9.95. The van der Waals surface area contributed by atoms with E-state index in [-0.39, 0.29) is 18.2 Å². The Morgan fingerprint density at radius 2 is 1.62 bits per heavy atom. The van der Waals surface area contributed by atoms with Crippen molar-refractivity contribution in [3.63, 3.8) is 0 Å². The van der Waals surface area contributed by atoms with Crippen molar-refractivity contribution in [2.45, 2.75) is 44.3 Å². The van der Waals surface area contributed by atoms with E-state index in [9.17, 15) is 4.79 Å². The Balaban J connectivity index is 1.28. The van der Waals surface area contributed by atoms with Gasteiger partial charge in [0, 0.05) is 4.47 Å². The van der Waals surface area contributed by atoms with E-state index >= 15 is 0 Å². The van der Waals surface area contributed by atoms with Crippen LogP contribution in [-0.4, -0.2) is 19.2 Å². The summed E-state index contributed by atoms with van der Waals surface area (Å²) >= 11 is 3.37. The molecule has 1 fully saturated rings. The molecule has 0 bridgehead atoms. The highest BCUT2D eigenvalue weighted by Crippen LogP contribution is 2.33. The summed E-state index contributed by atoms with van der Waals surface area (Å²) in [6.07, 6.45) is 5.64. The first-order valence-electron chi connectivity index (χ1n) is 11.0. The highest BCUT2D eigenvalue weighted by atomic mass is 79.9. The minimum absolute atomic E-state index is 0.153. The van der Waals surface area contributed by atoms with Gasteiger partial charge in [-0.2, -0.15) is 0 Å². The number of benzene rings is 3. The van der Waals surface area contributed by atoms with Crippen LogP contribution in [0.4, 0.5) is 0 Å². The molecule has 1 heterocycles. The maximum Gasteiger partial charge on any atom is 0.343 e. The first-order valence-corrected chi connectivity index (χ1v) is 11.8. The summed E-state index contributed by atoms with van der Waals surface area (Å²) in [5.74, 6) is 1.06. The summed E-state index contributed by atoms with van der Waals surface area (Å²) in [4.78, 5) is 12.3. The maximum atomic E-state index is 12.3. The van der Waals surface area contributed by atoms with Crippen molar-refractivity contribution in [1.29, 1.82) is 0 Å². The zero-order chi connectivity index (χ0) is 22.3. The monoisotopic (exact) mass is 494 g/mol. The number of hydrogen-bond acceptors (Lipinski definition) is 4. The first kappa shape index (κ1) is 22.6. The summed E-state index contributed by atoms with van der Waals surface area (Å²) in [5, 5.41) is 0. The zero-order valence-electron chi connectivity index (χ0n) is 18.1. The van der Waals surface area contributed by atoms with Gasteiger partial charge >= 0.3 is 5.97 Å². The van der Waals surface area contributed by atoms with E-state index < -0.39 is 0 Å². The van der Waals surface area contributed by atoms with Crippen LogP contribution in [0.25, 0.3) is 0 Å². The van der Waals surface area contributed by atoms with Crippen LogP contribution < -0.4 is 9.47 Å². The third-order valence-corrected chi connectivity index (χ3v) is 6.33. The lowest BCUT2D eigenvalue weighted by molar-refractivity contribution is -0.0546. The summed E-state index contributed by atoms with van der Waals surface area (Å²) < 4.78 is 18.0. The number of aryl methyl sites for hydroxylation is 1. The molecule has 4 nitrogen and oxygen atoms in total. The Bertz CT molecular complexity index is 1010. The fourth-order valence-electron chi connectivity index (χ4n) is 3.98. The van der Waals surface area contributed by atoms with Crippen LogP contribution in [0.3, 0.4) is 0 Å². The molecular weight excluding hydrogens is 468 g/mol. The van der Waals surface area contributed by atoms with Crippen molar-refractivity contribution >= 4 is 21.9 Å². The van der Waals surface area contributed by atoms with Gasteiger partial charge in [0.1, 0.15) is 11.5 Å². The van der Waals surface area contributed by atoms with E-state index in [1.807, 2.05) is 48.5 Å². The normalized spacial score (nSPS) is 18.2. The van der Waals surface area contributed by atoms with Gasteiger partial charge in [0.05, 0.1) is 24.9 Å². The first-order chi connectivity index (χ1) is 15.6. The van der Waals surface area contributed by atoms with Gasteiger partial charge < -0.3 is 14.2 Å². The molecule has 5 heteroatoms. The Morgan fingerprint density at radius 1 is 0.938 bits per heavy atom. The topological polar surface area (TPSA) is 44.8 Å². The molecular formula is C27H27BrO4. The van der Waals surface area contributed by atoms with Gasteiger partial charge in [-0.3, -0.25) is 0 Å². The van der Waals surface area contributed by atoms with Crippen molar-refractivity contribution in [2.24, 2.45) is 0 Å². The van der Waals surface area contributed by atoms with Crippen LogP contribution in [0, 0.1) is 0 Å². The highest BCUT2D eigenvalue weighted by molar-refractivity contribution is 9.10. The molecule has 0 aliphatic carbocycles. The van der Waals surface area contributed by atoms with E-state index in [1.54, 1.807) is 19.2 Å². The molecule has 1 saturated heterocycles. The Kier molecular flexibility index (Phi) is 7.61. The predicted octanol–water partition coefficient (Wildman–Crippen LogP) is 6.92. The average molecular weight is 495 g/mol. The quantitative estimate of drug-likeness (QED) is 0.264. The van der Waals surface area contributed by atoms with Gasteiger partial charge in [-0.15, -0.1) is 0 Å². The molecule has 0 radical (unpaired) electrons. The molecule has 0 spiro atoms. The van der Waals surface area contributed by atoms with Crippen molar-refractivity contribution in [3.8, 4) is 11.5 Å². The number of rotatable bonds is 7. The second kappa shape index (κ2) is 10.8. The molecule has 3 aromatic carbocycles. The van der Waals surface area contributed by atoms with Gasteiger partial charge in [-0.05, 0) is 91.8 Å². The van der Waals surface area contributed by atoms with Crippen LogP contribution in [0.1, 0.15) is 53.3 Å². The molecule has 4 rings (SSSR count). The van der Waals surface area contributed by atoms with Gasteiger partial charge in [-0.25, -0.2) is 4.79 Å². The van der Waals surface area contributed by atoms with Crippen molar-refractivity contribution in [1.82, 2.24) is 0 Å². The van der Waals surface area contributed by atoms with Gasteiger partial charge in [0.2, 0.25) is 0 Å². The van der Waals surface area contributed by atoms with Gasteiger partial charge in [-0.1, -0.05) is 40.2 Å². The number of esters is 1. The fourth-order valence-corrected chi connectivity index (χ4v) is 4.24. The third kappa shape index (κ3) is 5.99. The maximum absolute atomic E-state index is 12.3. The Hall–Kier alpha value is -2.63. The lowest BCUT2D eigenvalue weighted by Crippen LogP contribution is -2.23. The van der Waals surface area contributed by atoms with Crippen LogP contribution >= 0.6 is 15.9 Å². The molecule has 166 valence electrons. The van der Waals surface area contributed by atoms with E-state index in [2.05, 4.69) is 28.1 Å². The number of halogens is 1. The Morgan fingerprint density at radius 3 is 2.31 bits per heavy atom. The fraction of sp³-hybridized carbons (Fsp3) is 0.296. The summed E-state index contributed by atoms with van der Waals surface area (Å²) in [5.41, 5.74) is 2.95. The molecule has 2 atom stereocenters. The number of ether oxygens (including phenoxy) is 3. The second-order valence-electron chi connectivity index (χ2n) is 8.03. The average Bonchev–Trinajstić information content (AvgIpc) is 2.84. The molecule has 1 aliphatic rings. The molecule has 3 aromatic rings. The lowest BCUT2D eigenvalue weighted by Gasteiger charge is -2.30. The predicted molar refractivity (Wildman–Crippen MR) is 128 cm³/mol. The minimum atomic E-state index is -0.356. The molecule has 0 aromatic heterocycles. The number of hydrogen-bond donors (Lipinski definition) is 0. The largest absolute Gasteiger partial charge is 0.497 e. The molecule has 32 heavy (non-hydrogen) atoms. The second-order valence-corrected chi connectivity index (χ2v) is 8.95. The number of carbonyl (C=O) groups is 1. The van der Waals surface area contributed by atoms with E-state index in [0.29, 0.717) is 11.3 Å². The van der Waals surface area contributed by atoms with Gasteiger partial charge in [0.25, 0.3) is 0 Å². The minimum Gasteiger partial charge on any atom is -0.497 e. The zero-order valence-corrected chi connectivity index (χ0v) is 19.7. The molecule has 0 unspecified atom stereocenters. The molecule has 1 aliphatic heterocycles. The summed E-state index contributed by atoms with van der Waals surface area (Å²) in [6.45, 7) is 0. The number of methoxy groups -OCH3 is 1. The summed E-state index contributed by atoms with van der Waals surface area (Å²) in [6, 6.07) is 23.1. The van der Waals surface area contributed by atoms with Crippen LogP contribution in [0.2, 0.25) is 0 Å². The SMILES string of the molecule is COc1ccc([C@@H]2CCC[C@H](CCc3ccc(OC(=O)c4ccc(Br)cc4)cc3)O2)cc1. The van der Waals surface area contributed by atoms with Crippen LogP contribution in [0.15, 0.2) is 77.3 Å². The van der Waals surface area contributed by atoms with Crippen molar-refractivity contribution < 1.29 is 19.0 Å². The molecule has 0 amide bonds. The smallest absolute Gasteiger partial charge is 0.343 e. The standard InChI is InChI=1S/C27H27BrO4/c1-30-23-17-10-20(11-18-23)26-4-2-3-24(31-26)14-5-19-6-15-25(16-7-19)32-27(29)21-8-12-22(28)13-9-21/h6-13,15-18,24,26H,2-5,14H2,1H3/t24-,26+/m1/s1. The van der Waals surface area contributed by atoms with E-state index in [0.717, 1.165) is 35.9 Å². The summed E-state index contributed by atoms with van der Waals surface area (Å²) in [7, 11) is 1.68. The third-order valence-electron chi connectivity index (χ3n) is 5.81. The van der Waals surface area contributed by atoms with E-state index in [4.69, 9.17) is 14.2 Å². The number of carbonyl (C=O) groups excluding carboxylic acids is 1. The van der Waals surface area contributed by atoms with Gasteiger partial charge in [0.15, 0.2) is 0 Å². The highest BCUT2D eigenvalue weighted by Gasteiger charge is 2.23. The van der Waals surface area contributed by atoms with Crippen molar-refractivity contribution in [3.05, 3.63) is 94.0 Å². The Labute approximate surface area is 197 Å². The molecule has 0 saturated carbocycles. The van der Waals surface area contributed by atoms with Crippen molar-refractivity contribution in [2.75, 3.05) is 7.11 Å².